The van der Waals surface area contributed by atoms with Gasteiger partial charge >= 0.3 is 5.97 Å². The van der Waals surface area contributed by atoms with Gasteiger partial charge in [0.05, 0.1) is 0 Å². The largest absolute Gasteiger partial charge is 0.508 e. The molecule has 2 fully saturated rings. The summed E-state index contributed by atoms with van der Waals surface area (Å²) in [6.45, 7) is 4.75. The number of phenolic OH excluding ortho intramolecular Hbond substituents is 1. The van der Waals surface area contributed by atoms with E-state index in [1.807, 2.05) is 30.3 Å². The minimum absolute atomic E-state index is 0.236. The number of aromatic hydroxyl groups is 1. The molecule has 41 heavy (non-hydrogen) atoms. The van der Waals surface area contributed by atoms with Crippen LogP contribution in [0.3, 0.4) is 0 Å². The first-order valence-corrected chi connectivity index (χ1v) is 14.6. The number of hydrogen-bond donors (Lipinski definition) is 1. The number of piperidine rings is 1. The number of phenols is 1. The number of ether oxygens (including phenoxy) is 4. The molecule has 3 aliphatic rings. The number of fused-ring (bicyclic) bond motifs is 1. The molecular weight excluding hydrogens is 518 g/mol. The van der Waals surface area contributed by atoms with E-state index in [1.165, 1.54) is 31.8 Å². The van der Waals surface area contributed by atoms with Crippen molar-refractivity contribution in [3.05, 3.63) is 83.4 Å². The topological polar surface area (TPSA) is 77.5 Å². The Kier molecular flexibility index (Phi) is 8.14. The quantitative estimate of drug-likeness (QED) is 0.233. The second-order valence-electron chi connectivity index (χ2n) is 11.1. The van der Waals surface area contributed by atoms with E-state index in [4.69, 9.17) is 18.9 Å². The molecule has 2 aliphatic heterocycles. The molecular formula is C34H37NO6. The van der Waals surface area contributed by atoms with Gasteiger partial charge in [-0.3, -0.25) is 9.69 Å². The first-order chi connectivity index (χ1) is 20.0. The van der Waals surface area contributed by atoms with Crippen LogP contribution >= 0.6 is 0 Å². The smallest absolute Gasteiger partial charge is 0.303 e. The lowest BCUT2D eigenvalue weighted by molar-refractivity contribution is -0.149. The molecule has 0 bridgehead atoms. The third-order valence-corrected chi connectivity index (χ3v) is 7.92. The second kappa shape index (κ2) is 12.3. The highest BCUT2D eigenvalue weighted by Gasteiger charge is 2.31. The van der Waals surface area contributed by atoms with E-state index >= 15 is 0 Å². The number of nitrogens with zero attached hydrogens (tertiary/aromatic N) is 1. The monoisotopic (exact) mass is 555 g/mol. The predicted molar refractivity (Wildman–Crippen MR) is 157 cm³/mol. The summed E-state index contributed by atoms with van der Waals surface area (Å²) in [7, 11) is 0. The maximum atomic E-state index is 11.8. The van der Waals surface area contributed by atoms with Gasteiger partial charge in [-0.05, 0) is 109 Å². The van der Waals surface area contributed by atoms with Crippen molar-refractivity contribution < 1.29 is 28.8 Å². The Morgan fingerprint density at radius 2 is 1.56 bits per heavy atom. The molecule has 6 rings (SSSR count). The number of rotatable bonds is 10. The van der Waals surface area contributed by atoms with Crippen molar-refractivity contribution in [1.29, 1.82) is 0 Å². The molecule has 7 nitrogen and oxygen atoms in total. The van der Waals surface area contributed by atoms with Gasteiger partial charge in [0.25, 0.3) is 0 Å². The highest BCUT2D eigenvalue weighted by Crippen LogP contribution is 2.49. The fraction of sp³-hybridized carbons (Fsp3) is 0.382. The Balaban J connectivity index is 1.28. The van der Waals surface area contributed by atoms with Gasteiger partial charge in [0.15, 0.2) is 11.5 Å². The van der Waals surface area contributed by atoms with Crippen molar-refractivity contribution in [3.63, 3.8) is 0 Å². The predicted octanol–water partition coefficient (Wildman–Crippen LogP) is 6.29. The van der Waals surface area contributed by atoms with Gasteiger partial charge in [0, 0.05) is 13.5 Å². The van der Waals surface area contributed by atoms with E-state index < -0.39 is 0 Å². The molecule has 2 heterocycles. The van der Waals surface area contributed by atoms with Crippen molar-refractivity contribution in [3.8, 4) is 23.0 Å². The highest BCUT2D eigenvalue weighted by molar-refractivity contribution is 6.00. The van der Waals surface area contributed by atoms with Gasteiger partial charge in [-0.15, -0.1) is 0 Å². The zero-order valence-corrected chi connectivity index (χ0v) is 23.5. The van der Waals surface area contributed by atoms with Gasteiger partial charge in [-0.2, -0.15) is 0 Å². The maximum absolute atomic E-state index is 11.8. The van der Waals surface area contributed by atoms with Crippen LogP contribution in [-0.2, 0) is 9.53 Å². The summed E-state index contributed by atoms with van der Waals surface area (Å²) in [5.41, 5.74) is 5.60. The molecule has 1 saturated heterocycles. The Morgan fingerprint density at radius 1 is 0.902 bits per heavy atom. The molecule has 3 aromatic carbocycles. The van der Waals surface area contributed by atoms with Crippen molar-refractivity contribution in [2.45, 2.75) is 45.1 Å². The summed E-state index contributed by atoms with van der Waals surface area (Å²) in [6, 6.07) is 21.7. The lowest BCUT2D eigenvalue weighted by atomic mass is 9.87. The molecule has 0 radical (unpaired) electrons. The van der Waals surface area contributed by atoms with Crippen molar-refractivity contribution >= 4 is 17.1 Å². The summed E-state index contributed by atoms with van der Waals surface area (Å²) in [6.07, 6.45) is 5.56. The maximum Gasteiger partial charge on any atom is 0.303 e. The summed E-state index contributed by atoms with van der Waals surface area (Å²) in [4.78, 5) is 14.1. The molecule has 7 heteroatoms. The zero-order chi connectivity index (χ0) is 28.2. The summed E-state index contributed by atoms with van der Waals surface area (Å²) in [5.74, 6) is 2.65. The number of allylic oxidation sites excluding steroid dienone is 1. The summed E-state index contributed by atoms with van der Waals surface area (Å²) < 4.78 is 23.0. The average molecular weight is 556 g/mol. The molecule has 1 atom stereocenters. The average Bonchev–Trinajstić information content (AvgIpc) is 3.71. The van der Waals surface area contributed by atoms with Crippen LogP contribution in [0.2, 0.25) is 0 Å². The van der Waals surface area contributed by atoms with Gasteiger partial charge in [-0.1, -0.05) is 36.8 Å². The normalized spacial score (nSPS) is 18.0. The van der Waals surface area contributed by atoms with Crippen LogP contribution in [0.4, 0.5) is 0 Å². The Bertz CT molecular complexity index is 1390. The number of carbonyl (C=O) groups excluding carboxylic acids is 1. The Morgan fingerprint density at radius 3 is 2.24 bits per heavy atom. The number of benzene rings is 3. The number of esters is 1. The van der Waals surface area contributed by atoms with Gasteiger partial charge in [0.1, 0.15) is 24.2 Å². The van der Waals surface area contributed by atoms with Crippen LogP contribution in [-0.4, -0.2) is 55.1 Å². The Labute approximate surface area is 241 Å². The zero-order valence-electron chi connectivity index (χ0n) is 23.5. The van der Waals surface area contributed by atoms with E-state index in [0.29, 0.717) is 19.1 Å². The molecule has 1 unspecified atom stereocenters. The van der Waals surface area contributed by atoms with E-state index in [0.717, 1.165) is 65.4 Å². The fourth-order valence-electron chi connectivity index (χ4n) is 5.82. The summed E-state index contributed by atoms with van der Waals surface area (Å²) >= 11 is 0. The van der Waals surface area contributed by atoms with E-state index in [1.54, 1.807) is 12.1 Å². The minimum atomic E-state index is -0.315. The molecule has 3 aromatic rings. The molecule has 0 spiro atoms. The van der Waals surface area contributed by atoms with Gasteiger partial charge in [-0.25, -0.2) is 0 Å². The second-order valence-corrected chi connectivity index (χ2v) is 11.1. The third-order valence-electron chi connectivity index (χ3n) is 7.92. The molecule has 0 amide bonds. The summed E-state index contributed by atoms with van der Waals surface area (Å²) in [5, 5.41) is 9.99. The number of likely N-dealkylation sites (tertiary alicyclic amines) is 1. The third kappa shape index (κ3) is 6.68. The lowest BCUT2D eigenvalue weighted by Gasteiger charge is -2.30. The Hall–Kier alpha value is -3.97. The highest BCUT2D eigenvalue weighted by atomic mass is 16.7. The van der Waals surface area contributed by atoms with E-state index in [-0.39, 0.29) is 24.6 Å². The van der Waals surface area contributed by atoms with Crippen LogP contribution in [0, 0.1) is 5.92 Å². The first-order valence-electron chi connectivity index (χ1n) is 14.6. The molecule has 1 N–H and O–H groups in total. The van der Waals surface area contributed by atoms with Crippen LogP contribution in [0.15, 0.2) is 66.7 Å². The van der Waals surface area contributed by atoms with Crippen LogP contribution in [0.1, 0.15) is 55.7 Å². The molecule has 1 saturated carbocycles. The van der Waals surface area contributed by atoms with Crippen molar-refractivity contribution in [2.24, 2.45) is 5.92 Å². The number of carbonyl (C=O) groups is 1. The molecule has 1 aliphatic carbocycles. The lowest BCUT2D eigenvalue weighted by Crippen LogP contribution is -2.40. The van der Waals surface area contributed by atoms with Crippen LogP contribution in [0.5, 0.6) is 23.0 Å². The van der Waals surface area contributed by atoms with Gasteiger partial charge in [0.2, 0.25) is 6.79 Å². The van der Waals surface area contributed by atoms with E-state index in [9.17, 15) is 9.90 Å². The van der Waals surface area contributed by atoms with Crippen molar-refractivity contribution in [2.75, 3.05) is 33.0 Å². The van der Waals surface area contributed by atoms with E-state index in [2.05, 4.69) is 29.2 Å². The molecule has 0 aromatic heterocycles. The first kappa shape index (κ1) is 27.2. The van der Waals surface area contributed by atoms with Gasteiger partial charge < -0.3 is 24.1 Å². The minimum Gasteiger partial charge on any atom is -0.508 e. The number of hydrogen-bond acceptors (Lipinski definition) is 7. The standard InChI is InChI=1S/C34H37NO6/c1-23(36)41-30(20-35-17-3-2-4-18-35)21-38-29-14-9-26(10-15-29)33(25-7-12-28(37)13-8-25)34(24-5-6-24)27-11-16-31-32(19-27)40-22-39-31/h7-16,19,24,30,37H,2-6,17-18,20-22H2,1H3. The fourth-order valence-corrected chi connectivity index (χ4v) is 5.82. The van der Waals surface area contributed by atoms with Crippen LogP contribution in [0.25, 0.3) is 11.1 Å². The van der Waals surface area contributed by atoms with Crippen LogP contribution < -0.4 is 14.2 Å². The molecule has 214 valence electrons. The SMILES string of the molecule is CC(=O)OC(COc1ccc(C(=C(c2ccc3c(c2)OCO3)C2CC2)c2ccc(O)cc2)cc1)CN1CCCCC1. The van der Waals surface area contributed by atoms with Crippen molar-refractivity contribution in [1.82, 2.24) is 4.90 Å².